The standard InChI is InChI=1S/C12H15N3O3/c1-7(2)18-15-10-6-8(17-3)4-5-9(10)14-12(15)11(13)16/h4-7H,1-3H3,(H2,13,16). The van der Waals surface area contributed by atoms with Gasteiger partial charge in [0.25, 0.3) is 5.91 Å². The third-order valence-corrected chi connectivity index (χ3v) is 2.36. The van der Waals surface area contributed by atoms with E-state index in [1.54, 1.807) is 25.3 Å². The fourth-order valence-electron chi connectivity index (χ4n) is 1.63. The first-order valence-corrected chi connectivity index (χ1v) is 5.56. The van der Waals surface area contributed by atoms with Crippen molar-refractivity contribution in [2.75, 3.05) is 7.11 Å². The van der Waals surface area contributed by atoms with E-state index >= 15 is 0 Å². The van der Waals surface area contributed by atoms with Gasteiger partial charge in [-0.1, -0.05) is 0 Å². The Hall–Kier alpha value is -2.24. The number of rotatable bonds is 4. The Morgan fingerprint density at radius 2 is 2.17 bits per heavy atom. The van der Waals surface area contributed by atoms with Crippen molar-refractivity contribution in [2.45, 2.75) is 20.0 Å². The average molecular weight is 249 g/mol. The van der Waals surface area contributed by atoms with Crippen molar-refractivity contribution in [3.05, 3.63) is 24.0 Å². The average Bonchev–Trinajstić information content (AvgIpc) is 2.67. The van der Waals surface area contributed by atoms with Crippen LogP contribution in [0.25, 0.3) is 11.0 Å². The fourth-order valence-corrected chi connectivity index (χ4v) is 1.63. The Bertz CT molecular complexity index is 590. The number of benzene rings is 1. The number of carbonyl (C=O) groups excluding carboxylic acids is 1. The molecule has 1 amide bonds. The van der Waals surface area contributed by atoms with Crippen LogP contribution in [0.2, 0.25) is 0 Å². The number of aromatic nitrogens is 2. The van der Waals surface area contributed by atoms with E-state index in [2.05, 4.69) is 4.98 Å². The summed E-state index contributed by atoms with van der Waals surface area (Å²) in [5.41, 5.74) is 6.57. The Morgan fingerprint density at radius 3 is 2.72 bits per heavy atom. The van der Waals surface area contributed by atoms with Gasteiger partial charge in [-0.2, -0.15) is 4.73 Å². The number of nitrogens with two attached hydrogens (primary N) is 1. The maximum Gasteiger partial charge on any atom is 0.288 e. The van der Waals surface area contributed by atoms with Gasteiger partial charge in [0.2, 0.25) is 5.82 Å². The van der Waals surface area contributed by atoms with Gasteiger partial charge in [0.1, 0.15) is 17.4 Å². The van der Waals surface area contributed by atoms with Gasteiger partial charge in [-0.15, -0.1) is 0 Å². The second kappa shape index (κ2) is 4.56. The highest BCUT2D eigenvalue weighted by atomic mass is 16.7. The van der Waals surface area contributed by atoms with Crippen LogP contribution in [-0.4, -0.2) is 28.8 Å². The molecule has 0 bridgehead atoms. The molecule has 0 aliphatic rings. The van der Waals surface area contributed by atoms with Gasteiger partial charge >= 0.3 is 0 Å². The molecule has 0 saturated heterocycles. The quantitative estimate of drug-likeness (QED) is 0.876. The monoisotopic (exact) mass is 249 g/mol. The van der Waals surface area contributed by atoms with Crippen LogP contribution in [0.1, 0.15) is 24.5 Å². The van der Waals surface area contributed by atoms with Gasteiger partial charge < -0.3 is 15.3 Å². The first-order valence-electron chi connectivity index (χ1n) is 5.56. The number of hydrogen-bond acceptors (Lipinski definition) is 4. The summed E-state index contributed by atoms with van der Waals surface area (Å²) in [5.74, 6) is 0.102. The van der Waals surface area contributed by atoms with Crippen LogP contribution >= 0.6 is 0 Å². The van der Waals surface area contributed by atoms with E-state index in [9.17, 15) is 4.79 Å². The van der Waals surface area contributed by atoms with E-state index in [1.807, 2.05) is 13.8 Å². The summed E-state index contributed by atoms with van der Waals surface area (Å²) in [6, 6.07) is 5.26. The predicted molar refractivity (Wildman–Crippen MR) is 66.5 cm³/mol. The highest BCUT2D eigenvalue weighted by Gasteiger charge is 2.17. The molecule has 0 aliphatic heterocycles. The molecule has 0 spiro atoms. The number of nitrogens with zero attached hydrogens (tertiary/aromatic N) is 2. The SMILES string of the molecule is COc1ccc2nc(C(N)=O)n(OC(C)C)c2c1. The molecule has 0 saturated carbocycles. The molecule has 0 radical (unpaired) electrons. The Labute approximate surface area is 104 Å². The Morgan fingerprint density at radius 1 is 1.44 bits per heavy atom. The van der Waals surface area contributed by atoms with E-state index < -0.39 is 5.91 Å². The number of primary amides is 1. The molecule has 2 rings (SSSR count). The number of fused-ring (bicyclic) bond motifs is 1. The fraction of sp³-hybridized carbons (Fsp3) is 0.333. The molecule has 6 heteroatoms. The first kappa shape index (κ1) is 12.2. The summed E-state index contributed by atoms with van der Waals surface area (Å²) in [6.45, 7) is 3.72. The van der Waals surface area contributed by atoms with Crippen LogP contribution in [0.15, 0.2) is 18.2 Å². The molecular weight excluding hydrogens is 234 g/mol. The summed E-state index contributed by atoms with van der Waals surface area (Å²) < 4.78 is 6.49. The minimum atomic E-state index is -0.634. The lowest BCUT2D eigenvalue weighted by molar-refractivity contribution is 0.0585. The van der Waals surface area contributed by atoms with Crippen molar-refractivity contribution in [3.8, 4) is 5.75 Å². The Balaban J connectivity index is 2.65. The Kier molecular flexibility index (Phi) is 3.10. The van der Waals surface area contributed by atoms with Gasteiger partial charge in [0.05, 0.1) is 12.6 Å². The maximum absolute atomic E-state index is 11.4. The van der Waals surface area contributed by atoms with Gasteiger partial charge in [-0.25, -0.2) is 4.98 Å². The molecule has 1 heterocycles. The molecule has 6 nitrogen and oxygen atoms in total. The molecule has 0 fully saturated rings. The number of ether oxygens (including phenoxy) is 1. The molecule has 2 N–H and O–H groups in total. The maximum atomic E-state index is 11.4. The summed E-state index contributed by atoms with van der Waals surface area (Å²) in [5, 5.41) is 0. The molecule has 96 valence electrons. The smallest absolute Gasteiger partial charge is 0.288 e. The minimum absolute atomic E-state index is 0.0759. The summed E-state index contributed by atoms with van der Waals surface area (Å²) in [4.78, 5) is 21.1. The van der Waals surface area contributed by atoms with Gasteiger partial charge in [-0.05, 0) is 26.0 Å². The van der Waals surface area contributed by atoms with Crippen molar-refractivity contribution in [3.63, 3.8) is 0 Å². The number of methoxy groups -OCH3 is 1. The lowest BCUT2D eigenvalue weighted by Gasteiger charge is -2.12. The number of carbonyl (C=O) groups is 1. The van der Waals surface area contributed by atoms with Gasteiger partial charge in [-0.3, -0.25) is 4.79 Å². The highest BCUT2D eigenvalue weighted by Crippen LogP contribution is 2.21. The van der Waals surface area contributed by atoms with E-state index in [1.165, 1.54) is 4.73 Å². The van der Waals surface area contributed by atoms with Crippen LogP contribution in [-0.2, 0) is 0 Å². The van der Waals surface area contributed by atoms with Crippen molar-refractivity contribution in [1.29, 1.82) is 0 Å². The number of hydrogen-bond donors (Lipinski definition) is 1. The first-order chi connectivity index (χ1) is 8.52. The van der Waals surface area contributed by atoms with Crippen LogP contribution in [0.5, 0.6) is 5.75 Å². The van der Waals surface area contributed by atoms with E-state index in [4.69, 9.17) is 15.3 Å². The number of amides is 1. The van der Waals surface area contributed by atoms with Crippen molar-refractivity contribution in [1.82, 2.24) is 9.71 Å². The molecule has 1 aromatic heterocycles. The molecule has 2 aromatic rings. The second-order valence-electron chi connectivity index (χ2n) is 4.10. The molecule has 0 aliphatic carbocycles. The number of imidazole rings is 1. The summed E-state index contributed by atoms with van der Waals surface area (Å²) >= 11 is 0. The molecule has 0 atom stereocenters. The largest absolute Gasteiger partial charge is 0.497 e. The second-order valence-corrected chi connectivity index (χ2v) is 4.10. The summed E-state index contributed by atoms with van der Waals surface area (Å²) in [6.07, 6.45) is -0.105. The lowest BCUT2D eigenvalue weighted by atomic mass is 10.3. The van der Waals surface area contributed by atoms with Crippen LogP contribution < -0.4 is 15.3 Å². The molecular formula is C12H15N3O3. The summed E-state index contributed by atoms with van der Waals surface area (Å²) in [7, 11) is 1.57. The van der Waals surface area contributed by atoms with Crippen LogP contribution in [0.4, 0.5) is 0 Å². The zero-order valence-electron chi connectivity index (χ0n) is 10.5. The molecule has 18 heavy (non-hydrogen) atoms. The molecule has 1 aromatic carbocycles. The normalized spacial score (nSPS) is 10.9. The van der Waals surface area contributed by atoms with E-state index in [-0.39, 0.29) is 11.9 Å². The zero-order valence-corrected chi connectivity index (χ0v) is 10.5. The van der Waals surface area contributed by atoms with Crippen LogP contribution in [0.3, 0.4) is 0 Å². The van der Waals surface area contributed by atoms with Crippen molar-refractivity contribution >= 4 is 16.9 Å². The molecule has 0 unspecified atom stereocenters. The van der Waals surface area contributed by atoms with Crippen molar-refractivity contribution < 1.29 is 14.4 Å². The zero-order chi connectivity index (χ0) is 13.3. The van der Waals surface area contributed by atoms with Gasteiger partial charge in [0.15, 0.2) is 0 Å². The van der Waals surface area contributed by atoms with E-state index in [0.717, 1.165) is 0 Å². The predicted octanol–water partition coefficient (Wildman–Crippen LogP) is 0.981. The van der Waals surface area contributed by atoms with Crippen molar-refractivity contribution in [2.24, 2.45) is 5.73 Å². The third-order valence-electron chi connectivity index (χ3n) is 2.36. The van der Waals surface area contributed by atoms with E-state index in [0.29, 0.717) is 16.8 Å². The lowest BCUT2D eigenvalue weighted by Crippen LogP contribution is -2.26. The van der Waals surface area contributed by atoms with Crippen LogP contribution in [0, 0.1) is 0 Å². The minimum Gasteiger partial charge on any atom is -0.497 e. The van der Waals surface area contributed by atoms with Gasteiger partial charge in [0, 0.05) is 6.07 Å². The highest BCUT2D eigenvalue weighted by molar-refractivity contribution is 5.93. The third kappa shape index (κ3) is 2.09. The topological polar surface area (TPSA) is 79.4 Å².